The zero-order valence-corrected chi connectivity index (χ0v) is 11.8. The smallest absolute Gasteiger partial charge is 0.546 e. The molecule has 0 spiro atoms. The molecule has 0 amide bonds. The second-order valence-corrected chi connectivity index (χ2v) is 3.60. The van der Waals surface area contributed by atoms with Crippen LogP contribution >= 0.6 is 23.2 Å². The molecule has 1 aromatic rings. The standard InChI is InChI=1S/C8H6Cl2O3.C3H4O2.Cu/c9-5-1-2-7(6(10)3-5)13-4-8(11)12;1-2-3(4)5;/h1-3H,4H2,(H,11,12);2H,1H2,(H,4,5);/q;;+1/p-2. The summed E-state index contributed by atoms with van der Waals surface area (Å²) in [7, 11) is 0. The van der Waals surface area contributed by atoms with Crippen LogP contribution in [-0.4, -0.2) is 18.5 Å². The average molecular weight is 355 g/mol. The Hall–Kier alpha value is -1.20. The average Bonchev–Trinajstić information content (AvgIpc) is 2.28. The Kier molecular flexibility index (Phi) is 11.3. The van der Waals surface area contributed by atoms with Gasteiger partial charge in [-0.05, 0) is 24.3 Å². The van der Waals surface area contributed by atoms with Crippen molar-refractivity contribution in [3.63, 3.8) is 0 Å². The molecule has 0 saturated carbocycles. The van der Waals surface area contributed by atoms with E-state index in [-0.39, 0.29) is 27.8 Å². The SMILES string of the molecule is C=CC(=O)[O-].O=C([O-])COc1ccc(Cl)cc1Cl.[Cu+]. The minimum Gasteiger partial charge on any atom is -0.546 e. The molecule has 0 atom stereocenters. The van der Waals surface area contributed by atoms with Crippen molar-refractivity contribution in [1.29, 1.82) is 0 Å². The van der Waals surface area contributed by atoms with Gasteiger partial charge in [0.1, 0.15) is 12.4 Å². The number of carbonyl (C=O) groups excluding carboxylic acids is 2. The van der Waals surface area contributed by atoms with Crippen LogP contribution < -0.4 is 14.9 Å². The molecule has 0 aliphatic carbocycles. The van der Waals surface area contributed by atoms with E-state index < -0.39 is 18.5 Å². The van der Waals surface area contributed by atoms with Crippen molar-refractivity contribution in [2.45, 2.75) is 0 Å². The molecule has 108 valence electrons. The molecule has 0 bridgehead atoms. The number of hydrogen-bond acceptors (Lipinski definition) is 5. The molecule has 0 aliphatic rings. The van der Waals surface area contributed by atoms with Crippen molar-refractivity contribution in [3.8, 4) is 5.75 Å². The minimum atomic E-state index is -1.30. The topological polar surface area (TPSA) is 89.5 Å². The summed E-state index contributed by atoms with van der Waals surface area (Å²) in [6.07, 6.45) is 0.722. The van der Waals surface area contributed by atoms with Gasteiger partial charge in [-0.1, -0.05) is 29.8 Å². The second-order valence-electron chi connectivity index (χ2n) is 2.76. The third kappa shape index (κ3) is 10.4. The molecule has 1 rings (SSSR count). The van der Waals surface area contributed by atoms with Crippen LogP contribution in [0.5, 0.6) is 5.75 Å². The van der Waals surface area contributed by atoms with Gasteiger partial charge in [-0.15, -0.1) is 0 Å². The van der Waals surface area contributed by atoms with E-state index in [0.717, 1.165) is 6.08 Å². The van der Waals surface area contributed by atoms with Crippen molar-refractivity contribution in [3.05, 3.63) is 40.9 Å². The number of ether oxygens (including phenoxy) is 1. The van der Waals surface area contributed by atoms with Crippen LogP contribution in [0.1, 0.15) is 0 Å². The van der Waals surface area contributed by atoms with Gasteiger partial charge in [0.25, 0.3) is 0 Å². The van der Waals surface area contributed by atoms with Crippen LogP contribution in [0.4, 0.5) is 0 Å². The molecule has 0 unspecified atom stereocenters. The van der Waals surface area contributed by atoms with E-state index in [2.05, 4.69) is 6.58 Å². The molecule has 19 heavy (non-hydrogen) atoms. The van der Waals surface area contributed by atoms with E-state index in [1.54, 1.807) is 6.07 Å². The summed E-state index contributed by atoms with van der Waals surface area (Å²) in [6.45, 7) is 2.37. The Morgan fingerprint density at radius 1 is 1.32 bits per heavy atom. The van der Waals surface area contributed by atoms with Gasteiger partial charge >= 0.3 is 17.1 Å². The van der Waals surface area contributed by atoms with E-state index in [4.69, 9.17) is 37.8 Å². The van der Waals surface area contributed by atoms with Gasteiger partial charge < -0.3 is 24.5 Å². The normalized spacial score (nSPS) is 8.32. The zero-order valence-electron chi connectivity index (χ0n) is 9.32. The van der Waals surface area contributed by atoms with Crippen molar-refractivity contribution >= 4 is 35.1 Å². The fraction of sp³-hybridized carbons (Fsp3) is 0.0909. The molecule has 0 aliphatic heterocycles. The number of aliphatic carboxylic acids is 2. The molecule has 5 nitrogen and oxygen atoms in total. The number of carboxylic acids is 2. The predicted molar refractivity (Wildman–Crippen MR) is 62.2 cm³/mol. The van der Waals surface area contributed by atoms with Crippen molar-refractivity contribution in [2.24, 2.45) is 0 Å². The number of halogens is 2. The molecule has 0 aromatic heterocycles. The number of hydrogen-bond donors (Lipinski definition) is 0. The quantitative estimate of drug-likeness (QED) is 0.562. The number of carboxylic acid groups (broad SMARTS) is 2. The summed E-state index contributed by atoms with van der Waals surface area (Å²) in [5, 5.41) is 19.9. The van der Waals surface area contributed by atoms with Gasteiger partial charge in [0.2, 0.25) is 0 Å². The second kappa shape index (κ2) is 10.7. The van der Waals surface area contributed by atoms with E-state index >= 15 is 0 Å². The van der Waals surface area contributed by atoms with E-state index in [1.807, 2.05) is 0 Å². The van der Waals surface area contributed by atoms with Crippen LogP contribution in [0.15, 0.2) is 30.9 Å². The summed E-state index contributed by atoms with van der Waals surface area (Å²) in [5.41, 5.74) is 0. The molecular weight excluding hydrogens is 347 g/mol. The molecule has 0 heterocycles. The van der Waals surface area contributed by atoms with E-state index in [1.165, 1.54) is 12.1 Å². The molecule has 8 heteroatoms. The Bertz CT molecular complexity index is 451. The van der Waals surface area contributed by atoms with Gasteiger partial charge in [-0.25, -0.2) is 0 Å². The van der Waals surface area contributed by atoms with Gasteiger partial charge in [0, 0.05) is 5.02 Å². The fourth-order valence-electron chi connectivity index (χ4n) is 0.729. The third-order valence-corrected chi connectivity index (χ3v) is 1.94. The summed E-state index contributed by atoms with van der Waals surface area (Å²) < 4.78 is 4.80. The Morgan fingerprint density at radius 3 is 2.21 bits per heavy atom. The van der Waals surface area contributed by atoms with Crippen molar-refractivity contribution in [2.75, 3.05) is 6.61 Å². The molecule has 0 fully saturated rings. The number of benzene rings is 1. The third-order valence-electron chi connectivity index (χ3n) is 1.41. The van der Waals surface area contributed by atoms with Crippen LogP contribution in [0.25, 0.3) is 0 Å². The molecular formula is C11H8Cl2CuO5-. The first-order valence-corrected chi connectivity index (χ1v) is 5.23. The largest absolute Gasteiger partial charge is 1.00 e. The summed E-state index contributed by atoms with van der Waals surface area (Å²) in [5.74, 6) is -2.26. The Morgan fingerprint density at radius 2 is 1.84 bits per heavy atom. The monoisotopic (exact) mass is 353 g/mol. The zero-order chi connectivity index (χ0) is 14.1. The Balaban J connectivity index is 0. The van der Waals surface area contributed by atoms with Crippen molar-refractivity contribution in [1.82, 2.24) is 0 Å². The van der Waals surface area contributed by atoms with Gasteiger partial charge in [0.15, 0.2) is 0 Å². The maximum Gasteiger partial charge on any atom is 1.00 e. The van der Waals surface area contributed by atoms with Crippen LogP contribution in [0.2, 0.25) is 10.0 Å². The van der Waals surface area contributed by atoms with Crippen LogP contribution in [-0.2, 0) is 26.7 Å². The predicted octanol–water partition coefficient (Wildman–Crippen LogP) is 0.0419. The van der Waals surface area contributed by atoms with E-state index in [9.17, 15) is 9.90 Å². The van der Waals surface area contributed by atoms with E-state index in [0.29, 0.717) is 5.02 Å². The summed E-state index contributed by atoms with van der Waals surface area (Å²) >= 11 is 11.3. The molecule has 0 radical (unpaired) electrons. The fourth-order valence-corrected chi connectivity index (χ4v) is 1.19. The minimum absolute atomic E-state index is 0. The van der Waals surface area contributed by atoms with Crippen LogP contribution in [0, 0.1) is 0 Å². The van der Waals surface area contributed by atoms with Gasteiger partial charge in [-0.3, -0.25) is 0 Å². The van der Waals surface area contributed by atoms with Gasteiger partial charge in [-0.2, -0.15) is 0 Å². The first-order chi connectivity index (χ1) is 8.36. The molecule has 0 N–H and O–H groups in total. The number of carbonyl (C=O) groups is 2. The molecule has 0 saturated heterocycles. The Labute approximate surface area is 130 Å². The van der Waals surface area contributed by atoms with Crippen LogP contribution in [0.3, 0.4) is 0 Å². The van der Waals surface area contributed by atoms with Crippen molar-refractivity contribution < 1.29 is 41.6 Å². The summed E-state index contributed by atoms with van der Waals surface area (Å²) in [4.78, 5) is 19.2. The maximum atomic E-state index is 10.0. The first kappa shape index (κ1) is 20.1. The first-order valence-electron chi connectivity index (χ1n) is 4.48. The summed E-state index contributed by atoms with van der Waals surface area (Å²) in [6, 6.07) is 4.51. The number of rotatable bonds is 4. The maximum absolute atomic E-state index is 10.0. The van der Waals surface area contributed by atoms with Gasteiger partial charge in [0.05, 0.1) is 17.0 Å². The molecule has 1 aromatic carbocycles.